The van der Waals surface area contributed by atoms with Gasteiger partial charge in [-0.15, -0.1) is 13.2 Å². The van der Waals surface area contributed by atoms with Gasteiger partial charge in [-0.1, -0.05) is 23.4 Å². The number of anilines is 1. The number of rotatable bonds is 1. The maximum Gasteiger partial charge on any atom is 0.505 e. The van der Waals surface area contributed by atoms with Gasteiger partial charge in [-0.05, 0) is 24.3 Å². The monoisotopic (exact) mass is 266 g/mol. The third-order valence-electron chi connectivity index (χ3n) is 1.91. The molecular formula is C9H6ClF3N2S. The Morgan fingerprint density at radius 3 is 2.31 bits per heavy atom. The van der Waals surface area contributed by atoms with E-state index >= 15 is 0 Å². The van der Waals surface area contributed by atoms with Gasteiger partial charge < -0.3 is 4.90 Å². The van der Waals surface area contributed by atoms with Crippen molar-refractivity contribution in [3.8, 4) is 0 Å². The molecule has 0 radical (unpaired) electrons. The number of amidine groups is 1. The molecule has 1 aliphatic rings. The molecule has 1 fully saturated rings. The van der Waals surface area contributed by atoms with Crippen LogP contribution in [-0.4, -0.2) is 17.3 Å². The molecule has 1 saturated heterocycles. The molecule has 86 valence electrons. The lowest BCUT2D eigenvalue weighted by Crippen LogP contribution is -2.39. The molecule has 1 aromatic rings. The van der Waals surface area contributed by atoms with E-state index in [1.807, 2.05) is 0 Å². The minimum Gasteiger partial charge on any atom is -0.311 e. The molecular weight excluding hydrogens is 261 g/mol. The zero-order chi connectivity index (χ0) is 11.8. The highest BCUT2D eigenvalue weighted by molar-refractivity contribution is 8.16. The molecule has 7 heteroatoms. The van der Waals surface area contributed by atoms with Gasteiger partial charge in [0.2, 0.25) is 0 Å². The summed E-state index contributed by atoms with van der Waals surface area (Å²) >= 11 is 6.75. The normalized spacial score (nSPS) is 18.8. The highest BCUT2D eigenvalue weighted by Gasteiger charge is 2.33. The summed E-state index contributed by atoms with van der Waals surface area (Å²) in [5.41, 5.74) is 0.658. The molecule has 1 heterocycles. The Hall–Kier alpha value is -0.880. The third-order valence-corrected chi connectivity index (χ3v) is 3.12. The van der Waals surface area contributed by atoms with E-state index in [2.05, 4.69) is 4.99 Å². The molecule has 1 aromatic carbocycles. The van der Waals surface area contributed by atoms with Crippen LogP contribution in [-0.2, 0) is 0 Å². The summed E-state index contributed by atoms with van der Waals surface area (Å²) in [5.74, 6) is 0.469. The Balaban J connectivity index is 2.18. The van der Waals surface area contributed by atoms with Gasteiger partial charge in [0.05, 0.1) is 5.88 Å². The predicted molar refractivity (Wildman–Crippen MR) is 59.9 cm³/mol. The van der Waals surface area contributed by atoms with Crippen molar-refractivity contribution in [3.63, 3.8) is 0 Å². The fourth-order valence-electron chi connectivity index (χ4n) is 1.19. The lowest BCUT2D eigenvalue weighted by molar-refractivity contribution is -0.119. The van der Waals surface area contributed by atoms with Crippen molar-refractivity contribution in [2.45, 2.75) is 6.30 Å². The lowest BCUT2D eigenvalue weighted by Gasteiger charge is -2.33. The standard InChI is InChI=1S/C9H6ClF3N2S/c10-6-1-3-7(4-2-6)15-5-16-8(15)14-9(11,12)13/h1-4H,5H2. The number of hydrogen-bond donors (Lipinski definition) is 0. The van der Waals surface area contributed by atoms with Gasteiger partial charge in [-0.3, -0.25) is 0 Å². The van der Waals surface area contributed by atoms with Crippen molar-refractivity contribution in [2.24, 2.45) is 4.99 Å². The number of alkyl halides is 3. The van der Waals surface area contributed by atoms with Gasteiger partial charge in [0, 0.05) is 10.7 Å². The molecule has 1 aliphatic heterocycles. The van der Waals surface area contributed by atoms with Gasteiger partial charge in [0.1, 0.15) is 0 Å². The third kappa shape index (κ3) is 2.62. The summed E-state index contributed by atoms with van der Waals surface area (Å²) in [6.07, 6.45) is -4.52. The van der Waals surface area contributed by atoms with Crippen LogP contribution in [0.15, 0.2) is 29.3 Å². The average molecular weight is 267 g/mol. The second-order valence-electron chi connectivity index (χ2n) is 3.04. The minimum absolute atomic E-state index is 0.0326. The van der Waals surface area contributed by atoms with E-state index < -0.39 is 6.30 Å². The van der Waals surface area contributed by atoms with Crippen molar-refractivity contribution in [1.82, 2.24) is 0 Å². The SMILES string of the molecule is FC(F)(F)N=C1SCN1c1ccc(Cl)cc1. The van der Waals surface area contributed by atoms with Gasteiger partial charge in [-0.2, -0.15) is 4.99 Å². The van der Waals surface area contributed by atoms with Gasteiger partial charge >= 0.3 is 6.30 Å². The quantitative estimate of drug-likeness (QED) is 0.720. The van der Waals surface area contributed by atoms with Gasteiger partial charge in [0.15, 0.2) is 5.17 Å². The Labute approximate surface area is 99.1 Å². The molecule has 0 aliphatic carbocycles. The summed E-state index contributed by atoms with van der Waals surface area (Å²) in [4.78, 5) is 4.15. The Kier molecular flexibility index (Phi) is 3.03. The molecule has 0 aromatic heterocycles. The van der Waals surface area contributed by atoms with E-state index in [9.17, 15) is 13.2 Å². The lowest BCUT2D eigenvalue weighted by atomic mass is 10.3. The summed E-state index contributed by atoms with van der Waals surface area (Å²) in [6.45, 7) is 0. The maximum absolute atomic E-state index is 12.0. The molecule has 0 bridgehead atoms. The molecule has 0 atom stereocenters. The van der Waals surface area contributed by atoms with Crippen LogP contribution in [0.25, 0.3) is 0 Å². The molecule has 0 N–H and O–H groups in total. The molecule has 0 amide bonds. The van der Waals surface area contributed by atoms with Crippen molar-refractivity contribution < 1.29 is 13.2 Å². The summed E-state index contributed by atoms with van der Waals surface area (Å²) in [6, 6.07) is 6.58. The second kappa shape index (κ2) is 4.18. The molecule has 2 rings (SSSR count). The zero-order valence-corrected chi connectivity index (χ0v) is 9.40. The van der Waals surface area contributed by atoms with E-state index in [0.29, 0.717) is 16.6 Å². The Morgan fingerprint density at radius 1 is 1.25 bits per heavy atom. The van der Waals surface area contributed by atoms with Crippen molar-refractivity contribution in [1.29, 1.82) is 0 Å². The summed E-state index contributed by atoms with van der Waals surface area (Å²) in [5, 5.41) is 0.515. The van der Waals surface area contributed by atoms with E-state index in [0.717, 1.165) is 11.8 Å². The smallest absolute Gasteiger partial charge is 0.311 e. The first-order chi connectivity index (χ1) is 7.46. The number of hydrogen-bond acceptors (Lipinski definition) is 2. The number of aliphatic imine (C=N–C) groups is 1. The van der Waals surface area contributed by atoms with Crippen LogP contribution in [0.5, 0.6) is 0 Å². The minimum atomic E-state index is -4.52. The first-order valence-electron chi connectivity index (χ1n) is 4.28. The van der Waals surface area contributed by atoms with Gasteiger partial charge in [0.25, 0.3) is 0 Å². The van der Waals surface area contributed by atoms with Crippen LogP contribution >= 0.6 is 23.4 Å². The van der Waals surface area contributed by atoms with Crippen LogP contribution in [0.4, 0.5) is 18.9 Å². The molecule has 0 saturated carbocycles. The zero-order valence-electron chi connectivity index (χ0n) is 7.83. The van der Waals surface area contributed by atoms with Crippen molar-refractivity contribution >= 4 is 34.2 Å². The Bertz CT molecular complexity index is 416. The molecule has 16 heavy (non-hydrogen) atoms. The largest absolute Gasteiger partial charge is 0.505 e. The van der Waals surface area contributed by atoms with Crippen molar-refractivity contribution in [2.75, 3.05) is 10.8 Å². The van der Waals surface area contributed by atoms with E-state index in [1.54, 1.807) is 24.3 Å². The maximum atomic E-state index is 12.0. The molecule has 2 nitrogen and oxygen atoms in total. The summed E-state index contributed by atoms with van der Waals surface area (Å²) < 4.78 is 36.1. The number of nitrogens with zero attached hydrogens (tertiary/aromatic N) is 2. The highest BCUT2D eigenvalue weighted by Crippen LogP contribution is 2.33. The number of thioether (sulfide) groups is 1. The van der Waals surface area contributed by atoms with Gasteiger partial charge in [-0.25, -0.2) is 0 Å². The molecule has 0 unspecified atom stereocenters. The van der Waals surface area contributed by atoms with E-state index in [1.165, 1.54) is 4.90 Å². The predicted octanol–water partition coefficient (Wildman–Crippen LogP) is 3.73. The van der Waals surface area contributed by atoms with Crippen LogP contribution in [0, 0.1) is 0 Å². The van der Waals surface area contributed by atoms with Crippen LogP contribution in [0.1, 0.15) is 0 Å². The first kappa shape index (κ1) is 11.6. The van der Waals surface area contributed by atoms with Crippen molar-refractivity contribution in [3.05, 3.63) is 29.3 Å². The van der Waals surface area contributed by atoms with E-state index in [-0.39, 0.29) is 5.17 Å². The van der Waals surface area contributed by atoms with Crippen LogP contribution in [0.3, 0.4) is 0 Å². The number of halogens is 4. The average Bonchev–Trinajstić information content (AvgIpc) is 2.15. The van der Waals surface area contributed by atoms with E-state index in [4.69, 9.17) is 11.6 Å². The summed E-state index contributed by atoms with van der Waals surface area (Å²) in [7, 11) is 0. The first-order valence-corrected chi connectivity index (χ1v) is 5.64. The highest BCUT2D eigenvalue weighted by atomic mass is 35.5. The van der Waals surface area contributed by atoms with Crippen LogP contribution < -0.4 is 4.90 Å². The number of benzene rings is 1. The fraction of sp³-hybridized carbons (Fsp3) is 0.222. The Morgan fingerprint density at radius 2 is 1.88 bits per heavy atom. The topological polar surface area (TPSA) is 15.6 Å². The van der Waals surface area contributed by atoms with Crippen LogP contribution in [0.2, 0.25) is 5.02 Å². The molecule has 0 spiro atoms. The fourth-order valence-corrected chi connectivity index (χ4v) is 2.12. The second-order valence-corrected chi connectivity index (χ2v) is 4.39.